The fourth-order valence-corrected chi connectivity index (χ4v) is 4.23. The van der Waals surface area contributed by atoms with Gasteiger partial charge in [0.15, 0.2) is 0 Å². The predicted molar refractivity (Wildman–Crippen MR) is 78.3 cm³/mol. The second-order valence-corrected chi connectivity index (χ2v) is 6.18. The van der Waals surface area contributed by atoms with Gasteiger partial charge in [0.25, 0.3) is 0 Å². The molecule has 1 aromatic carbocycles. The fraction of sp³-hybridized carbons (Fsp3) is 0.588. The Kier molecular flexibility index (Phi) is 3.55. The highest BCUT2D eigenvalue weighted by Crippen LogP contribution is 2.50. The van der Waals surface area contributed by atoms with Crippen molar-refractivity contribution in [3.63, 3.8) is 0 Å². The maximum atomic E-state index is 11.7. The van der Waals surface area contributed by atoms with Crippen LogP contribution in [0.2, 0.25) is 0 Å². The van der Waals surface area contributed by atoms with Gasteiger partial charge >= 0.3 is 5.97 Å². The first-order valence-corrected chi connectivity index (χ1v) is 7.59. The van der Waals surface area contributed by atoms with Crippen LogP contribution >= 0.6 is 0 Å². The molecule has 1 saturated carbocycles. The Hall–Kier alpha value is -1.35. The van der Waals surface area contributed by atoms with Crippen LogP contribution in [0.4, 0.5) is 0 Å². The van der Waals surface area contributed by atoms with Gasteiger partial charge in [0.2, 0.25) is 0 Å². The van der Waals surface area contributed by atoms with E-state index >= 15 is 0 Å². The van der Waals surface area contributed by atoms with Crippen LogP contribution in [0.15, 0.2) is 30.3 Å². The number of esters is 1. The highest BCUT2D eigenvalue weighted by Gasteiger charge is 2.52. The average Bonchev–Trinajstić information content (AvgIpc) is 2.94. The summed E-state index contributed by atoms with van der Waals surface area (Å²) in [4.78, 5) is 14.2. The Bertz CT molecular complexity index is 487. The number of ether oxygens (including phenoxy) is 1. The Balaban J connectivity index is 2.04. The molecule has 3 heteroatoms. The largest absolute Gasteiger partial charge is 0.454 e. The van der Waals surface area contributed by atoms with Crippen molar-refractivity contribution in [1.29, 1.82) is 0 Å². The molecule has 0 amide bonds. The smallest absolute Gasteiger partial charge is 0.303 e. The zero-order chi connectivity index (χ0) is 14.2. The minimum Gasteiger partial charge on any atom is -0.454 e. The lowest BCUT2D eigenvalue weighted by atomic mass is 9.73. The number of hydrogen-bond acceptors (Lipinski definition) is 3. The highest BCUT2D eigenvalue weighted by molar-refractivity contribution is 5.67. The first-order chi connectivity index (χ1) is 9.63. The second-order valence-electron chi connectivity index (χ2n) is 6.18. The number of benzene rings is 1. The number of fused-ring (bicyclic) bond motifs is 1. The lowest BCUT2D eigenvalue weighted by molar-refractivity contribution is -0.176. The molecule has 1 aliphatic carbocycles. The van der Waals surface area contributed by atoms with Crippen LogP contribution < -0.4 is 0 Å². The van der Waals surface area contributed by atoms with E-state index < -0.39 is 5.60 Å². The maximum absolute atomic E-state index is 11.7. The van der Waals surface area contributed by atoms with Crippen LogP contribution in [0.5, 0.6) is 0 Å². The molecule has 20 heavy (non-hydrogen) atoms. The van der Waals surface area contributed by atoms with Crippen molar-refractivity contribution in [1.82, 2.24) is 4.90 Å². The number of piperidine rings is 1. The van der Waals surface area contributed by atoms with Crippen molar-refractivity contribution < 1.29 is 9.53 Å². The third-order valence-electron chi connectivity index (χ3n) is 5.07. The number of rotatable bonds is 2. The zero-order valence-corrected chi connectivity index (χ0v) is 12.3. The molecule has 1 heterocycles. The van der Waals surface area contributed by atoms with E-state index in [2.05, 4.69) is 24.1 Å². The zero-order valence-electron chi connectivity index (χ0n) is 12.3. The van der Waals surface area contributed by atoms with Crippen molar-refractivity contribution in [2.24, 2.45) is 5.92 Å². The molecule has 2 fully saturated rings. The van der Waals surface area contributed by atoms with E-state index in [1.807, 2.05) is 18.2 Å². The van der Waals surface area contributed by atoms with E-state index in [-0.39, 0.29) is 5.97 Å². The maximum Gasteiger partial charge on any atom is 0.303 e. The molecular formula is C17H23NO2. The van der Waals surface area contributed by atoms with E-state index in [1.165, 1.54) is 25.3 Å². The van der Waals surface area contributed by atoms with Crippen LogP contribution in [-0.4, -0.2) is 30.5 Å². The molecule has 1 aromatic rings. The van der Waals surface area contributed by atoms with Gasteiger partial charge in [-0.1, -0.05) is 36.8 Å². The summed E-state index contributed by atoms with van der Waals surface area (Å²) in [5, 5.41) is 0. The number of likely N-dealkylation sites (tertiary alicyclic amines) is 1. The van der Waals surface area contributed by atoms with Crippen molar-refractivity contribution in [3.05, 3.63) is 35.9 Å². The quantitative estimate of drug-likeness (QED) is 0.776. The molecule has 3 atom stereocenters. The number of hydrogen-bond donors (Lipinski definition) is 0. The summed E-state index contributed by atoms with van der Waals surface area (Å²) in [6, 6.07) is 10.9. The van der Waals surface area contributed by atoms with E-state index in [4.69, 9.17) is 4.74 Å². The van der Waals surface area contributed by atoms with E-state index in [0.717, 1.165) is 19.4 Å². The molecular weight excluding hydrogens is 250 g/mol. The first kappa shape index (κ1) is 13.6. The highest BCUT2D eigenvalue weighted by atomic mass is 16.6. The standard InChI is InChI=1S/C17H23NO2/c1-13(19)20-17(14-7-4-3-5-8-14)11-12-18(2)16-10-6-9-15(16)17/h3-5,7-8,15-16H,6,9-12H2,1-2H3. The van der Waals surface area contributed by atoms with Gasteiger partial charge in [0.1, 0.15) is 5.60 Å². The van der Waals surface area contributed by atoms with Crippen LogP contribution in [0, 0.1) is 5.92 Å². The third-order valence-corrected chi connectivity index (χ3v) is 5.07. The van der Waals surface area contributed by atoms with E-state index in [0.29, 0.717) is 12.0 Å². The van der Waals surface area contributed by atoms with Gasteiger partial charge in [-0.2, -0.15) is 0 Å². The lowest BCUT2D eigenvalue weighted by Gasteiger charge is -2.48. The Labute approximate surface area is 120 Å². The van der Waals surface area contributed by atoms with Gasteiger partial charge in [-0.25, -0.2) is 0 Å². The molecule has 0 spiro atoms. The molecule has 1 aliphatic heterocycles. The summed E-state index contributed by atoms with van der Waals surface area (Å²) >= 11 is 0. The molecule has 3 unspecified atom stereocenters. The normalized spacial score (nSPS) is 33.7. The summed E-state index contributed by atoms with van der Waals surface area (Å²) in [6.45, 7) is 2.52. The van der Waals surface area contributed by atoms with E-state index in [1.54, 1.807) is 0 Å². The molecule has 0 radical (unpaired) electrons. The van der Waals surface area contributed by atoms with Crippen molar-refractivity contribution in [3.8, 4) is 0 Å². The van der Waals surface area contributed by atoms with Gasteiger partial charge in [-0.3, -0.25) is 4.79 Å². The molecule has 0 aromatic heterocycles. The molecule has 108 valence electrons. The van der Waals surface area contributed by atoms with Crippen LogP contribution in [0.1, 0.15) is 38.2 Å². The topological polar surface area (TPSA) is 29.5 Å². The van der Waals surface area contributed by atoms with Crippen molar-refractivity contribution in [2.45, 2.75) is 44.2 Å². The van der Waals surface area contributed by atoms with Gasteiger partial charge in [-0.05, 0) is 25.5 Å². The average molecular weight is 273 g/mol. The third kappa shape index (κ3) is 2.14. The van der Waals surface area contributed by atoms with Crippen LogP contribution in [0.25, 0.3) is 0 Å². The summed E-state index contributed by atoms with van der Waals surface area (Å²) in [5.74, 6) is 0.261. The van der Waals surface area contributed by atoms with Gasteiger partial charge < -0.3 is 9.64 Å². The molecule has 0 bridgehead atoms. The predicted octanol–water partition coefficient (Wildman–Crippen LogP) is 2.95. The summed E-state index contributed by atoms with van der Waals surface area (Å²) in [7, 11) is 2.20. The second kappa shape index (κ2) is 5.21. The Morgan fingerprint density at radius 2 is 2.05 bits per heavy atom. The van der Waals surface area contributed by atoms with Gasteiger partial charge in [0.05, 0.1) is 0 Å². The summed E-state index contributed by atoms with van der Waals surface area (Å²) < 4.78 is 5.96. The molecule has 2 aliphatic rings. The number of nitrogens with zero attached hydrogens (tertiary/aromatic N) is 1. The van der Waals surface area contributed by atoms with Gasteiger partial charge in [0, 0.05) is 31.8 Å². The molecule has 3 nitrogen and oxygen atoms in total. The molecule has 1 saturated heterocycles. The minimum atomic E-state index is -0.416. The summed E-state index contributed by atoms with van der Waals surface area (Å²) in [6.07, 6.45) is 4.50. The first-order valence-electron chi connectivity index (χ1n) is 7.59. The van der Waals surface area contributed by atoms with Crippen LogP contribution in [0.3, 0.4) is 0 Å². The lowest BCUT2D eigenvalue weighted by Crippen LogP contribution is -2.54. The molecule has 0 N–H and O–H groups in total. The number of carbonyl (C=O) groups is 1. The fourth-order valence-electron chi connectivity index (χ4n) is 4.23. The Morgan fingerprint density at radius 3 is 2.75 bits per heavy atom. The van der Waals surface area contributed by atoms with Gasteiger partial charge in [-0.15, -0.1) is 0 Å². The van der Waals surface area contributed by atoms with Crippen molar-refractivity contribution >= 4 is 5.97 Å². The van der Waals surface area contributed by atoms with Crippen LogP contribution in [-0.2, 0) is 15.1 Å². The number of carbonyl (C=O) groups excluding carboxylic acids is 1. The van der Waals surface area contributed by atoms with Crippen molar-refractivity contribution in [2.75, 3.05) is 13.6 Å². The SMILES string of the molecule is CC(=O)OC1(c2ccccc2)CCN(C)C2CCCC21. The monoisotopic (exact) mass is 273 g/mol. The summed E-state index contributed by atoms with van der Waals surface area (Å²) in [5.41, 5.74) is 0.751. The minimum absolute atomic E-state index is 0.163. The molecule has 3 rings (SSSR count). The Morgan fingerprint density at radius 1 is 1.30 bits per heavy atom. The van der Waals surface area contributed by atoms with E-state index in [9.17, 15) is 4.79 Å².